The minimum atomic E-state index is -3.73. The van der Waals surface area contributed by atoms with E-state index in [9.17, 15) is 18.0 Å². The third-order valence-corrected chi connectivity index (χ3v) is 7.19. The molecule has 0 saturated carbocycles. The van der Waals surface area contributed by atoms with Crippen molar-refractivity contribution in [1.82, 2.24) is 14.1 Å². The van der Waals surface area contributed by atoms with Gasteiger partial charge in [0.1, 0.15) is 0 Å². The van der Waals surface area contributed by atoms with Gasteiger partial charge in [-0.1, -0.05) is 6.07 Å². The average molecular weight is 410 g/mol. The molecule has 1 aromatic rings. The Hall–Kier alpha value is -1.97. The summed E-state index contributed by atoms with van der Waals surface area (Å²) in [7, 11) is -3.73. The van der Waals surface area contributed by atoms with E-state index in [0.29, 0.717) is 38.4 Å². The number of sulfonamides is 1. The van der Waals surface area contributed by atoms with Crippen molar-refractivity contribution in [3.8, 4) is 0 Å². The smallest absolute Gasteiger partial charge is 0.254 e. The molecule has 2 amide bonds. The fourth-order valence-electron chi connectivity index (χ4n) is 3.57. The van der Waals surface area contributed by atoms with Gasteiger partial charge in [-0.3, -0.25) is 9.59 Å². The summed E-state index contributed by atoms with van der Waals surface area (Å²) in [6.45, 7) is 7.95. The molecule has 0 unspecified atom stereocenters. The van der Waals surface area contributed by atoms with Crippen molar-refractivity contribution < 1.29 is 22.7 Å². The number of carbonyl (C=O) groups is 2. The molecule has 2 fully saturated rings. The highest BCUT2D eigenvalue weighted by molar-refractivity contribution is 7.89. The molecule has 1 aromatic carbocycles. The van der Waals surface area contributed by atoms with Crippen LogP contribution in [0.4, 0.5) is 0 Å². The molecular formula is C19H27N3O5S. The highest BCUT2D eigenvalue weighted by Crippen LogP contribution is 2.24. The van der Waals surface area contributed by atoms with Gasteiger partial charge >= 0.3 is 0 Å². The highest BCUT2D eigenvalue weighted by Gasteiger charge is 2.35. The van der Waals surface area contributed by atoms with Gasteiger partial charge in [0, 0.05) is 45.2 Å². The zero-order valence-electron chi connectivity index (χ0n) is 16.6. The molecule has 8 nitrogen and oxygen atoms in total. The van der Waals surface area contributed by atoms with Gasteiger partial charge in [0.2, 0.25) is 15.9 Å². The maximum absolute atomic E-state index is 13.0. The van der Waals surface area contributed by atoms with E-state index in [2.05, 4.69) is 0 Å². The van der Waals surface area contributed by atoms with E-state index in [-0.39, 0.29) is 29.8 Å². The summed E-state index contributed by atoms with van der Waals surface area (Å²) in [5.41, 5.74) is -0.105. The van der Waals surface area contributed by atoms with Crippen molar-refractivity contribution in [2.45, 2.75) is 31.2 Å². The van der Waals surface area contributed by atoms with E-state index < -0.39 is 15.6 Å². The van der Waals surface area contributed by atoms with Crippen LogP contribution in [0.1, 0.15) is 31.1 Å². The van der Waals surface area contributed by atoms with E-state index >= 15 is 0 Å². The SMILES string of the molecule is CC(=O)N1CCN(S(=O)(=O)c2cccc(C(=O)N3CCOCC3(C)C)c2)CC1. The molecule has 0 aromatic heterocycles. The van der Waals surface area contributed by atoms with Crippen LogP contribution in [0.15, 0.2) is 29.2 Å². The lowest BCUT2D eigenvalue weighted by atomic mass is 10.0. The number of morpholine rings is 1. The molecule has 0 N–H and O–H groups in total. The lowest BCUT2D eigenvalue weighted by Crippen LogP contribution is -2.55. The molecule has 154 valence electrons. The van der Waals surface area contributed by atoms with Gasteiger partial charge in [-0.05, 0) is 32.0 Å². The summed E-state index contributed by atoms with van der Waals surface area (Å²) >= 11 is 0. The Labute approximate surface area is 166 Å². The number of nitrogens with zero attached hydrogens (tertiary/aromatic N) is 3. The van der Waals surface area contributed by atoms with E-state index in [4.69, 9.17) is 4.74 Å². The second kappa shape index (κ2) is 7.81. The van der Waals surface area contributed by atoms with Crippen LogP contribution in [-0.4, -0.2) is 85.8 Å². The van der Waals surface area contributed by atoms with Crippen molar-refractivity contribution in [2.24, 2.45) is 0 Å². The number of carbonyl (C=O) groups excluding carboxylic acids is 2. The zero-order chi connectivity index (χ0) is 20.5. The second-order valence-corrected chi connectivity index (χ2v) is 9.70. The van der Waals surface area contributed by atoms with Gasteiger partial charge in [-0.25, -0.2) is 8.42 Å². The van der Waals surface area contributed by atoms with Gasteiger partial charge in [0.25, 0.3) is 5.91 Å². The normalized spacial score (nSPS) is 20.8. The lowest BCUT2D eigenvalue weighted by Gasteiger charge is -2.42. The molecule has 0 spiro atoms. The number of amides is 2. The van der Waals surface area contributed by atoms with Crippen LogP contribution in [0.3, 0.4) is 0 Å². The average Bonchev–Trinajstić information content (AvgIpc) is 2.67. The molecule has 2 aliphatic rings. The molecule has 0 atom stereocenters. The number of benzene rings is 1. The topological polar surface area (TPSA) is 87.2 Å². The van der Waals surface area contributed by atoms with Crippen molar-refractivity contribution >= 4 is 21.8 Å². The van der Waals surface area contributed by atoms with Gasteiger partial charge in [-0.15, -0.1) is 0 Å². The predicted molar refractivity (Wildman–Crippen MR) is 103 cm³/mol. The number of rotatable bonds is 3. The molecule has 0 radical (unpaired) electrons. The monoisotopic (exact) mass is 409 g/mol. The summed E-state index contributed by atoms with van der Waals surface area (Å²) in [4.78, 5) is 27.9. The van der Waals surface area contributed by atoms with Gasteiger partial charge in [-0.2, -0.15) is 4.31 Å². The Morgan fingerprint density at radius 2 is 1.75 bits per heavy atom. The van der Waals surface area contributed by atoms with E-state index in [1.54, 1.807) is 21.9 Å². The van der Waals surface area contributed by atoms with E-state index in [1.807, 2.05) is 13.8 Å². The summed E-state index contributed by atoms with van der Waals surface area (Å²) in [6.07, 6.45) is 0. The predicted octanol–water partition coefficient (Wildman–Crippen LogP) is 0.790. The molecular weight excluding hydrogens is 382 g/mol. The highest BCUT2D eigenvalue weighted by atomic mass is 32.2. The summed E-state index contributed by atoms with van der Waals surface area (Å²) in [6, 6.07) is 6.19. The molecule has 2 heterocycles. The number of hydrogen-bond acceptors (Lipinski definition) is 5. The van der Waals surface area contributed by atoms with Crippen LogP contribution in [0, 0.1) is 0 Å². The van der Waals surface area contributed by atoms with Gasteiger partial charge in [0.15, 0.2) is 0 Å². The summed E-state index contributed by atoms with van der Waals surface area (Å²) < 4.78 is 32.9. The first-order chi connectivity index (χ1) is 13.1. The third-order valence-electron chi connectivity index (χ3n) is 5.29. The minimum Gasteiger partial charge on any atom is -0.377 e. The standard InChI is InChI=1S/C19H27N3O5S/c1-15(23)20-7-9-21(10-8-20)28(25,26)17-6-4-5-16(13-17)18(24)22-11-12-27-14-19(22,2)3/h4-6,13H,7-12,14H2,1-3H3. The van der Waals surface area contributed by atoms with E-state index in [1.165, 1.54) is 23.4 Å². The molecule has 0 bridgehead atoms. The maximum Gasteiger partial charge on any atom is 0.254 e. The van der Waals surface area contributed by atoms with Gasteiger partial charge in [0.05, 0.1) is 23.6 Å². The van der Waals surface area contributed by atoms with Crippen LogP contribution in [-0.2, 0) is 19.6 Å². The van der Waals surface area contributed by atoms with Crippen LogP contribution < -0.4 is 0 Å². The van der Waals surface area contributed by atoms with Crippen LogP contribution in [0.5, 0.6) is 0 Å². The number of piperazine rings is 1. The first-order valence-corrected chi connectivity index (χ1v) is 10.8. The Morgan fingerprint density at radius 3 is 2.36 bits per heavy atom. The largest absolute Gasteiger partial charge is 0.377 e. The summed E-state index contributed by atoms with van der Waals surface area (Å²) in [5, 5.41) is 0. The van der Waals surface area contributed by atoms with Crippen molar-refractivity contribution in [2.75, 3.05) is 45.9 Å². The molecule has 3 rings (SSSR count). The van der Waals surface area contributed by atoms with Crippen LogP contribution in [0.25, 0.3) is 0 Å². The molecule has 2 saturated heterocycles. The Morgan fingerprint density at radius 1 is 1.07 bits per heavy atom. The van der Waals surface area contributed by atoms with Crippen LogP contribution in [0.2, 0.25) is 0 Å². The number of hydrogen-bond donors (Lipinski definition) is 0. The fraction of sp³-hybridized carbons (Fsp3) is 0.579. The first-order valence-electron chi connectivity index (χ1n) is 9.38. The van der Waals surface area contributed by atoms with Crippen molar-refractivity contribution in [3.05, 3.63) is 29.8 Å². The lowest BCUT2D eigenvalue weighted by molar-refractivity contribution is -0.129. The number of ether oxygens (including phenoxy) is 1. The molecule has 28 heavy (non-hydrogen) atoms. The summed E-state index contributed by atoms with van der Waals surface area (Å²) in [5.74, 6) is -0.260. The third kappa shape index (κ3) is 4.06. The molecule has 0 aliphatic carbocycles. The fourth-order valence-corrected chi connectivity index (χ4v) is 5.04. The Kier molecular flexibility index (Phi) is 5.79. The quantitative estimate of drug-likeness (QED) is 0.737. The Balaban J connectivity index is 1.81. The molecule has 9 heteroatoms. The van der Waals surface area contributed by atoms with Crippen molar-refractivity contribution in [1.29, 1.82) is 0 Å². The van der Waals surface area contributed by atoms with Gasteiger partial charge < -0.3 is 14.5 Å². The Bertz CT molecular complexity index is 860. The minimum absolute atomic E-state index is 0.0576. The molecule has 2 aliphatic heterocycles. The first kappa shape index (κ1) is 20.8. The van der Waals surface area contributed by atoms with Crippen molar-refractivity contribution in [3.63, 3.8) is 0 Å². The van der Waals surface area contributed by atoms with E-state index in [0.717, 1.165) is 0 Å². The zero-order valence-corrected chi connectivity index (χ0v) is 17.4. The van der Waals surface area contributed by atoms with Crippen LogP contribution >= 0.6 is 0 Å². The second-order valence-electron chi connectivity index (χ2n) is 7.76. The maximum atomic E-state index is 13.0.